The van der Waals surface area contributed by atoms with Crippen LogP contribution in [0.3, 0.4) is 0 Å². The van der Waals surface area contributed by atoms with Crippen molar-refractivity contribution in [3.63, 3.8) is 0 Å². The summed E-state index contributed by atoms with van der Waals surface area (Å²) in [5.74, 6) is -0.541. The minimum atomic E-state index is -0.374. The topological polar surface area (TPSA) is 96.6 Å². The van der Waals surface area contributed by atoms with E-state index in [-0.39, 0.29) is 35.9 Å². The molecule has 2 N–H and O–H groups in total. The SMILES string of the molecule is CC1CC(CN)CN1C(=O)c1ccc2c(c1)C(=O)N(Cc1ccncc1)C2=O. The molecule has 2 aliphatic rings. The number of amides is 3. The van der Waals surface area contributed by atoms with E-state index in [9.17, 15) is 14.4 Å². The van der Waals surface area contributed by atoms with Crippen molar-refractivity contribution >= 4 is 17.7 Å². The number of nitrogens with two attached hydrogens (primary N) is 1. The lowest BCUT2D eigenvalue weighted by atomic mass is 10.0. The molecule has 0 bridgehead atoms. The third-order valence-electron chi connectivity index (χ3n) is 5.56. The molecule has 2 aliphatic heterocycles. The zero-order valence-electron chi connectivity index (χ0n) is 15.7. The van der Waals surface area contributed by atoms with Crippen molar-refractivity contribution in [2.24, 2.45) is 11.7 Å². The number of fused-ring (bicyclic) bond motifs is 1. The van der Waals surface area contributed by atoms with Crippen LogP contribution in [0.4, 0.5) is 0 Å². The molecule has 28 heavy (non-hydrogen) atoms. The maximum absolute atomic E-state index is 12.9. The van der Waals surface area contributed by atoms with E-state index in [0.29, 0.717) is 30.1 Å². The number of hydrogen-bond acceptors (Lipinski definition) is 5. The first kappa shape index (κ1) is 18.3. The Morgan fingerprint density at radius 2 is 1.86 bits per heavy atom. The Morgan fingerprint density at radius 1 is 1.14 bits per heavy atom. The van der Waals surface area contributed by atoms with Crippen LogP contribution in [0.15, 0.2) is 42.7 Å². The first-order valence-corrected chi connectivity index (χ1v) is 9.39. The predicted octanol–water partition coefficient (Wildman–Crippen LogP) is 1.69. The molecule has 2 atom stereocenters. The molecule has 1 aromatic carbocycles. The minimum absolute atomic E-state index is 0.106. The number of likely N-dealkylation sites (tertiary alicyclic amines) is 1. The highest BCUT2D eigenvalue weighted by Crippen LogP contribution is 2.28. The van der Waals surface area contributed by atoms with E-state index in [4.69, 9.17) is 5.73 Å². The fourth-order valence-corrected chi connectivity index (χ4v) is 4.00. The molecule has 7 heteroatoms. The Morgan fingerprint density at radius 3 is 2.54 bits per heavy atom. The molecule has 2 aromatic rings. The second-order valence-electron chi connectivity index (χ2n) is 7.46. The normalized spacial score (nSPS) is 21.4. The summed E-state index contributed by atoms with van der Waals surface area (Å²) in [5, 5.41) is 0. The van der Waals surface area contributed by atoms with Gasteiger partial charge in [0.15, 0.2) is 0 Å². The van der Waals surface area contributed by atoms with E-state index in [1.54, 1.807) is 47.6 Å². The average Bonchev–Trinajstić information content (AvgIpc) is 3.21. The lowest BCUT2D eigenvalue weighted by Crippen LogP contribution is -2.34. The summed E-state index contributed by atoms with van der Waals surface area (Å²) in [6.45, 7) is 3.36. The van der Waals surface area contributed by atoms with E-state index < -0.39 is 0 Å². The highest BCUT2D eigenvalue weighted by Gasteiger charge is 2.37. The summed E-state index contributed by atoms with van der Waals surface area (Å²) in [6, 6.07) is 8.39. The maximum atomic E-state index is 12.9. The molecular weight excluding hydrogens is 356 g/mol. The zero-order chi connectivity index (χ0) is 19.8. The van der Waals surface area contributed by atoms with Crippen LogP contribution < -0.4 is 5.73 Å². The van der Waals surface area contributed by atoms with Gasteiger partial charge in [0.2, 0.25) is 0 Å². The molecule has 3 heterocycles. The lowest BCUT2D eigenvalue weighted by Gasteiger charge is -2.21. The number of carbonyl (C=O) groups excluding carboxylic acids is 3. The number of nitrogens with zero attached hydrogens (tertiary/aromatic N) is 3. The van der Waals surface area contributed by atoms with E-state index in [1.165, 1.54) is 4.90 Å². The molecule has 1 saturated heterocycles. The van der Waals surface area contributed by atoms with Crippen LogP contribution in [-0.2, 0) is 6.54 Å². The smallest absolute Gasteiger partial charge is 0.261 e. The van der Waals surface area contributed by atoms with E-state index in [1.807, 2.05) is 6.92 Å². The fraction of sp³-hybridized carbons (Fsp3) is 0.333. The van der Waals surface area contributed by atoms with Crippen molar-refractivity contribution < 1.29 is 14.4 Å². The lowest BCUT2D eigenvalue weighted by molar-refractivity contribution is 0.0641. The number of benzene rings is 1. The van der Waals surface area contributed by atoms with Crippen molar-refractivity contribution in [3.8, 4) is 0 Å². The van der Waals surface area contributed by atoms with Gasteiger partial charge in [-0.2, -0.15) is 0 Å². The summed E-state index contributed by atoms with van der Waals surface area (Å²) in [6.07, 6.45) is 4.12. The van der Waals surface area contributed by atoms with Crippen LogP contribution in [-0.4, -0.2) is 51.6 Å². The monoisotopic (exact) mass is 378 g/mol. The summed E-state index contributed by atoms with van der Waals surface area (Å²) in [7, 11) is 0. The van der Waals surface area contributed by atoms with Gasteiger partial charge >= 0.3 is 0 Å². The zero-order valence-corrected chi connectivity index (χ0v) is 15.7. The van der Waals surface area contributed by atoms with Crippen LogP contribution in [0.5, 0.6) is 0 Å². The average molecular weight is 378 g/mol. The Hall–Kier alpha value is -3.06. The number of imide groups is 1. The summed E-state index contributed by atoms with van der Waals surface area (Å²) in [5.41, 5.74) is 7.62. The van der Waals surface area contributed by atoms with Crippen molar-refractivity contribution in [1.29, 1.82) is 0 Å². The van der Waals surface area contributed by atoms with Crippen molar-refractivity contribution in [2.45, 2.75) is 25.9 Å². The summed E-state index contributed by atoms with van der Waals surface area (Å²) < 4.78 is 0. The Balaban J connectivity index is 1.58. The van der Waals surface area contributed by atoms with Crippen LogP contribution in [0, 0.1) is 5.92 Å². The van der Waals surface area contributed by atoms with Crippen LogP contribution >= 0.6 is 0 Å². The van der Waals surface area contributed by atoms with E-state index in [2.05, 4.69) is 4.98 Å². The van der Waals surface area contributed by atoms with Crippen LogP contribution in [0.25, 0.3) is 0 Å². The Bertz CT molecular complexity index is 944. The molecule has 1 aromatic heterocycles. The third-order valence-corrected chi connectivity index (χ3v) is 5.56. The van der Waals surface area contributed by atoms with Crippen LogP contribution in [0.1, 0.15) is 50.0 Å². The van der Waals surface area contributed by atoms with Crippen molar-refractivity contribution in [3.05, 3.63) is 65.0 Å². The molecule has 3 amide bonds. The highest BCUT2D eigenvalue weighted by molar-refractivity contribution is 6.22. The minimum Gasteiger partial charge on any atom is -0.336 e. The van der Waals surface area contributed by atoms with Gasteiger partial charge in [0.05, 0.1) is 17.7 Å². The maximum Gasteiger partial charge on any atom is 0.261 e. The van der Waals surface area contributed by atoms with Gasteiger partial charge in [0.25, 0.3) is 17.7 Å². The fourth-order valence-electron chi connectivity index (χ4n) is 4.00. The van der Waals surface area contributed by atoms with Crippen molar-refractivity contribution in [2.75, 3.05) is 13.1 Å². The van der Waals surface area contributed by atoms with Gasteiger partial charge in [-0.15, -0.1) is 0 Å². The standard InChI is InChI=1S/C21H22N4O3/c1-13-8-15(10-22)12-24(13)19(26)16-2-3-17-18(9-16)21(28)25(20(17)27)11-14-4-6-23-7-5-14/h2-7,9,13,15H,8,10-12,22H2,1H3. The molecule has 1 fully saturated rings. The molecule has 0 radical (unpaired) electrons. The summed E-state index contributed by atoms with van der Waals surface area (Å²) in [4.78, 5) is 45.4. The number of pyridine rings is 1. The van der Waals surface area contributed by atoms with Gasteiger partial charge in [-0.25, -0.2) is 0 Å². The number of hydrogen-bond donors (Lipinski definition) is 1. The first-order valence-electron chi connectivity index (χ1n) is 9.39. The Kier molecular flexibility index (Phi) is 4.68. The van der Waals surface area contributed by atoms with Crippen molar-refractivity contribution in [1.82, 2.24) is 14.8 Å². The molecule has 4 rings (SSSR count). The van der Waals surface area contributed by atoms with Gasteiger partial charge in [-0.1, -0.05) is 0 Å². The molecule has 0 aliphatic carbocycles. The molecular formula is C21H22N4O3. The molecule has 2 unspecified atom stereocenters. The first-order chi connectivity index (χ1) is 13.5. The predicted molar refractivity (Wildman–Crippen MR) is 103 cm³/mol. The molecule has 0 saturated carbocycles. The van der Waals surface area contributed by atoms with E-state index in [0.717, 1.165) is 12.0 Å². The highest BCUT2D eigenvalue weighted by atomic mass is 16.2. The molecule has 144 valence electrons. The summed E-state index contributed by atoms with van der Waals surface area (Å²) >= 11 is 0. The number of aromatic nitrogens is 1. The molecule has 0 spiro atoms. The third kappa shape index (κ3) is 3.07. The van der Waals surface area contributed by atoms with Gasteiger partial charge in [0.1, 0.15) is 0 Å². The van der Waals surface area contributed by atoms with Crippen LogP contribution in [0.2, 0.25) is 0 Å². The second kappa shape index (κ2) is 7.16. The van der Waals surface area contributed by atoms with Gasteiger partial charge < -0.3 is 10.6 Å². The van der Waals surface area contributed by atoms with Gasteiger partial charge in [-0.3, -0.25) is 24.3 Å². The van der Waals surface area contributed by atoms with E-state index >= 15 is 0 Å². The largest absolute Gasteiger partial charge is 0.336 e. The van der Waals surface area contributed by atoms with Gasteiger partial charge in [0, 0.05) is 30.5 Å². The number of rotatable bonds is 4. The second-order valence-corrected chi connectivity index (χ2v) is 7.46. The quantitative estimate of drug-likeness (QED) is 0.817. The number of carbonyl (C=O) groups is 3. The van der Waals surface area contributed by atoms with Gasteiger partial charge in [-0.05, 0) is 61.7 Å². The molecule has 7 nitrogen and oxygen atoms in total. The Labute approximate surface area is 163 Å².